The molecule has 1 atom stereocenters. The minimum absolute atomic E-state index is 0.153. The number of carbonyl (C=O) groups is 2. The summed E-state index contributed by atoms with van der Waals surface area (Å²) in [6, 6.07) is 15.7. The molecule has 1 unspecified atom stereocenters. The number of carboxylic acids is 1. The zero-order valence-electron chi connectivity index (χ0n) is 13.7. The molecule has 3 rings (SSSR count). The molecule has 0 aliphatic carbocycles. The second-order valence-electron chi connectivity index (χ2n) is 5.82. The number of amides is 2. The van der Waals surface area contributed by atoms with E-state index in [0.717, 1.165) is 11.1 Å². The average molecular weight is 340 g/mol. The monoisotopic (exact) mass is 340 g/mol. The second kappa shape index (κ2) is 7.81. The number of hydrogen-bond acceptors (Lipinski definition) is 3. The number of carboxylic acid groups (broad SMARTS) is 1. The molecule has 0 radical (unpaired) electrons. The normalized spacial score (nSPS) is 15.4. The maximum Gasteiger partial charge on any atom is 0.335 e. The van der Waals surface area contributed by atoms with Crippen LogP contribution in [-0.4, -0.2) is 48.3 Å². The Bertz CT molecular complexity index is 725. The smallest absolute Gasteiger partial charge is 0.335 e. The minimum atomic E-state index is -0.972. The number of nitrogens with one attached hydrogen (secondary N) is 1. The third kappa shape index (κ3) is 4.16. The highest BCUT2D eigenvalue weighted by Crippen LogP contribution is 2.23. The Balaban J connectivity index is 1.84. The van der Waals surface area contributed by atoms with E-state index in [1.807, 2.05) is 30.3 Å². The highest BCUT2D eigenvalue weighted by Gasteiger charge is 2.22. The molecule has 2 aromatic rings. The number of rotatable bonds is 4. The van der Waals surface area contributed by atoms with Crippen LogP contribution in [0.25, 0.3) is 0 Å². The SMILES string of the molecule is O=C(O)c1ccc(C(NC(=O)N2CCOCC2)c2ccccc2)cc1. The van der Waals surface area contributed by atoms with E-state index in [1.165, 1.54) is 0 Å². The van der Waals surface area contributed by atoms with Crippen LogP contribution < -0.4 is 5.32 Å². The number of hydrogen-bond donors (Lipinski definition) is 2. The van der Waals surface area contributed by atoms with Crippen molar-refractivity contribution in [2.45, 2.75) is 6.04 Å². The van der Waals surface area contributed by atoms with E-state index in [4.69, 9.17) is 9.84 Å². The van der Waals surface area contributed by atoms with E-state index in [2.05, 4.69) is 5.32 Å². The maximum absolute atomic E-state index is 12.6. The van der Waals surface area contributed by atoms with Gasteiger partial charge in [-0.05, 0) is 23.3 Å². The summed E-state index contributed by atoms with van der Waals surface area (Å²) in [6.07, 6.45) is 0. The van der Waals surface area contributed by atoms with E-state index < -0.39 is 5.97 Å². The highest BCUT2D eigenvalue weighted by molar-refractivity contribution is 5.87. The van der Waals surface area contributed by atoms with Gasteiger partial charge >= 0.3 is 12.0 Å². The number of morpholine rings is 1. The number of nitrogens with zero attached hydrogens (tertiary/aromatic N) is 1. The van der Waals surface area contributed by atoms with Gasteiger partial charge in [-0.2, -0.15) is 0 Å². The van der Waals surface area contributed by atoms with Crippen molar-refractivity contribution in [3.05, 3.63) is 71.3 Å². The molecule has 2 N–H and O–H groups in total. The fourth-order valence-electron chi connectivity index (χ4n) is 2.80. The third-order valence-corrected chi connectivity index (χ3v) is 4.19. The fourth-order valence-corrected chi connectivity index (χ4v) is 2.80. The Labute approximate surface area is 146 Å². The Hall–Kier alpha value is -2.86. The van der Waals surface area contributed by atoms with E-state index >= 15 is 0 Å². The zero-order valence-corrected chi connectivity index (χ0v) is 13.7. The molecule has 0 bridgehead atoms. The molecule has 1 aliphatic rings. The van der Waals surface area contributed by atoms with Gasteiger partial charge in [-0.1, -0.05) is 42.5 Å². The van der Waals surface area contributed by atoms with Gasteiger partial charge in [0.05, 0.1) is 24.8 Å². The molecule has 25 heavy (non-hydrogen) atoms. The molecule has 2 amide bonds. The summed E-state index contributed by atoms with van der Waals surface area (Å²) in [7, 11) is 0. The van der Waals surface area contributed by atoms with Gasteiger partial charge in [-0.25, -0.2) is 9.59 Å². The first-order valence-corrected chi connectivity index (χ1v) is 8.16. The van der Waals surface area contributed by atoms with E-state index in [-0.39, 0.29) is 17.6 Å². The lowest BCUT2D eigenvalue weighted by Crippen LogP contribution is -2.47. The number of ether oxygens (including phenoxy) is 1. The van der Waals surface area contributed by atoms with Crippen molar-refractivity contribution >= 4 is 12.0 Å². The molecular formula is C19H20N2O4. The van der Waals surface area contributed by atoms with Crippen molar-refractivity contribution in [1.29, 1.82) is 0 Å². The lowest BCUT2D eigenvalue weighted by atomic mass is 9.98. The van der Waals surface area contributed by atoms with Gasteiger partial charge in [0.25, 0.3) is 0 Å². The number of benzene rings is 2. The van der Waals surface area contributed by atoms with Crippen molar-refractivity contribution < 1.29 is 19.4 Å². The minimum Gasteiger partial charge on any atom is -0.478 e. The van der Waals surface area contributed by atoms with Crippen LogP contribution in [0.4, 0.5) is 4.79 Å². The Kier molecular flexibility index (Phi) is 5.30. The summed E-state index contributed by atoms with van der Waals surface area (Å²) in [5.74, 6) is -0.972. The Morgan fingerprint density at radius 3 is 2.16 bits per heavy atom. The molecule has 1 saturated heterocycles. The quantitative estimate of drug-likeness (QED) is 0.896. The fraction of sp³-hybridized carbons (Fsp3) is 0.263. The second-order valence-corrected chi connectivity index (χ2v) is 5.82. The molecule has 0 saturated carbocycles. The molecule has 2 aromatic carbocycles. The van der Waals surface area contributed by atoms with Crippen molar-refractivity contribution in [3.8, 4) is 0 Å². The number of carbonyl (C=O) groups excluding carboxylic acids is 1. The average Bonchev–Trinajstić information content (AvgIpc) is 2.67. The van der Waals surface area contributed by atoms with Crippen LogP contribution in [0.15, 0.2) is 54.6 Å². The summed E-state index contributed by atoms with van der Waals surface area (Å²) >= 11 is 0. The van der Waals surface area contributed by atoms with Crippen molar-refractivity contribution in [3.63, 3.8) is 0 Å². The predicted molar refractivity (Wildman–Crippen MR) is 92.6 cm³/mol. The molecule has 1 fully saturated rings. The molecule has 0 spiro atoms. The summed E-state index contributed by atoms with van der Waals surface area (Å²) in [5, 5.41) is 12.1. The summed E-state index contributed by atoms with van der Waals surface area (Å²) in [6.45, 7) is 2.20. The summed E-state index contributed by atoms with van der Waals surface area (Å²) < 4.78 is 5.28. The summed E-state index contributed by atoms with van der Waals surface area (Å²) in [5.41, 5.74) is 1.99. The first-order chi connectivity index (χ1) is 12.1. The van der Waals surface area contributed by atoms with Crippen LogP contribution in [-0.2, 0) is 4.74 Å². The van der Waals surface area contributed by atoms with Crippen molar-refractivity contribution in [1.82, 2.24) is 10.2 Å². The number of aromatic carboxylic acids is 1. The van der Waals surface area contributed by atoms with Gasteiger partial charge in [0.1, 0.15) is 0 Å². The van der Waals surface area contributed by atoms with Crippen LogP contribution in [0.2, 0.25) is 0 Å². The lowest BCUT2D eigenvalue weighted by Gasteiger charge is -2.29. The van der Waals surface area contributed by atoms with Gasteiger partial charge in [0, 0.05) is 13.1 Å². The largest absolute Gasteiger partial charge is 0.478 e. The van der Waals surface area contributed by atoms with Gasteiger partial charge < -0.3 is 20.1 Å². The summed E-state index contributed by atoms with van der Waals surface area (Å²) in [4.78, 5) is 25.4. The first-order valence-electron chi connectivity index (χ1n) is 8.16. The molecule has 1 aliphatic heterocycles. The van der Waals surface area contributed by atoms with Gasteiger partial charge in [0.15, 0.2) is 0 Å². The molecule has 1 heterocycles. The molecular weight excluding hydrogens is 320 g/mol. The van der Waals surface area contributed by atoms with E-state index in [1.54, 1.807) is 29.2 Å². The lowest BCUT2D eigenvalue weighted by molar-refractivity contribution is 0.0528. The molecule has 0 aromatic heterocycles. The van der Waals surface area contributed by atoms with Crippen LogP contribution in [0.3, 0.4) is 0 Å². The van der Waals surface area contributed by atoms with Gasteiger partial charge in [-0.3, -0.25) is 0 Å². The molecule has 130 valence electrons. The van der Waals surface area contributed by atoms with E-state index in [0.29, 0.717) is 26.3 Å². The predicted octanol–water partition coefficient (Wildman–Crippen LogP) is 2.52. The maximum atomic E-state index is 12.6. The topological polar surface area (TPSA) is 78.9 Å². The van der Waals surface area contributed by atoms with Crippen molar-refractivity contribution in [2.24, 2.45) is 0 Å². The standard InChI is InChI=1S/C19H20N2O4/c22-18(23)16-8-6-15(7-9-16)17(14-4-2-1-3-5-14)20-19(24)21-10-12-25-13-11-21/h1-9,17H,10-13H2,(H,20,24)(H,22,23). The van der Waals surface area contributed by atoms with Crippen LogP contribution in [0, 0.1) is 0 Å². The molecule has 6 heteroatoms. The van der Waals surface area contributed by atoms with Crippen LogP contribution in [0.1, 0.15) is 27.5 Å². The van der Waals surface area contributed by atoms with Crippen LogP contribution >= 0.6 is 0 Å². The Morgan fingerprint density at radius 1 is 0.960 bits per heavy atom. The molecule has 6 nitrogen and oxygen atoms in total. The van der Waals surface area contributed by atoms with E-state index in [9.17, 15) is 9.59 Å². The first kappa shape index (κ1) is 17.0. The highest BCUT2D eigenvalue weighted by atomic mass is 16.5. The number of urea groups is 1. The van der Waals surface area contributed by atoms with Crippen LogP contribution in [0.5, 0.6) is 0 Å². The zero-order chi connectivity index (χ0) is 17.6. The van der Waals surface area contributed by atoms with Gasteiger partial charge in [-0.15, -0.1) is 0 Å². The Morgan fingerprint density at radius 2 is 1.56 bits per heavy atom. The van der Waals surface area contributed by atoms with Gasteiger partial charge in [0.2, 0.25) is 0 Å². The third-order valence-electron chi connectivity index (χ3n) is 4.19. The van der Waals surface area contributed by atoms with Crippen molar-refractivity contribution in [2.75, 3.05) is 26.3 Å².